The van der Waals surface area contributed by atoms with E-state index in [4.69, 9.17) is 16.7 Å². The van der Waals surface area contributed by atoms with Crippen LogP contribution in [-0.2, 0) is 0 Å². The number of amides is 2. The van der Waals surface area contributed by atoms with Gasteiger partial charge in [-0.05, 0) is 30.3 Å². The van der Waals surface area contributed by atoms with Gasteiger partial charge in [-0.1, -0.05) is 29.5 Å². The second-order valence-electron chi connectivity index (χ2n) is 3.98. The summed E-state index contributed by atoms with van der Waals surface area (Å²) in [5.41, 5.74) is 1.23. The molecule has 2 rings (SSSR count). The summed E-state index contributed by atoms with van der Waals surface area (Å²) in [6.45, 7) is -0.222. The first kappa shape index (κ1) is 14.9. The van der Waals surface area contributed by atoms with E-state index in [0.717, 1.165) is 0 Å². The molecule has 0 aliphatic heterocycles. The number of hydrogen-bond donors (Lipinski definition) is 3. The van der Waals surface area contributed by atoms with Crippen molar-refractivity contribution in [2.45, 2.75) is 0 Å². The molecular formula is C15H12ClN3O2. The highest BCUT2D eigenvalue weighted by Crippen LogP contribution is 2.15. The number of nitrogens with one attached hydrogen (secondary N) is 2. The summed E-state index contributed by atoms with van der Waals surface area (Å²) in [5, 5.41) is 14.4. The average Bonchev–Trinajstić information content (AvgIpc) is 2.45. The molecule has 0 unspecified atom stereocenters. The number of aliphatic hydroxyl groups excluding tert-OH is 1. The van der Waals surface area contributed by atoms with E-state index >= 15 is 0 Å². The minimum Gasteiger partial charge on any atom is -0.384 e. The summed E-state index contributed by atoms with van der Waals surface area (Å²) in [5.74, 6) is 5.62. The molecule has 3 N–H and O–H groups in total. The van der Waals surface area contributed by atoms with Gasteiger partial charge < -0.3 is 10.4 Å². The van der Waals surface area contributed by atoms with Gasteiger partial charge in [0.05, 0.1) is 0 Å². The number of nitrogens with zero attached hydrogens (tertiary/aromatic N) is 1. The van der Waals surface area contributed by atoms with Gasteiger partial charge in [-0.2, -0.15) is 0 Å². The van der Waals surface area contributed by atoms with Crippen LogP contribution < -0.4 is 10.6 Å². The third-order valence-corrected chi connectivity index (χ3v) is 2.63. The highest BCUT2D eigenvalue weighted by Gasteiger charge is 2.04. The molecule has 0 spiro atoms. The zero-order valence-electron chi connectivity index (χ0n) is 10.9. The second-order valence-corrected chi connectivity index (χ2v) is 4.42. The van der Waals surface area contributed by atoms with Crippen LogP contribution in [0.25, 0.3) is 0 Å². The van der Waals surface area contributed by atoms with E-state index in [2.05, 4.69) is 27.5 Å². The van der Waals surface area contributed by atoms with Crippen molar-refractivity contribution >= 4 is 29.1 Å². The Balaban J connectivity index is 2.02. The SMILES string of the molecule is O=C(Nc1cccc(Cl)c1)Nc1cc(C#CCO)ccn1. The molecule has 0 fully saturated rings. The number of carbonyl (C=O) groups excluding carboxylic acids is 1. The zero-order chi connectivity index (χ0) is 15.1. The fourth-order valence-corrected chi connectivity index (χ4v) is 1.75. The summed E-state index contributed by atoms with van der Waals surface area (Å²) < 4.78 is 0. The van der Waals surface area contributed by atoms with Crippen LogP contribution in [0.2, 0.25) is 5.02 Å². The molecule has 2 amide bonds. The molecule has 0 aliphatic carbocycles. The minimum absolute atomic E-state index is 0.222. The maximum absolute atomic E-state index is 11.8. The van der Waals surface area contributed by atoms with E-state index in [-0.39, 0.29) is 6.61 Å². The maximum atomic E-state index is 11.8. The monoisotopic (exact) mass is 301 g/mol. The molecule has 2 aromatic rings. The van der Waals surface area contributed by atoms with Gasteiger partial charge in [0.15, 0.2) is 0 Å². The van der Waals surface area contributed by atoms with Gasteiger partial charge in [0.1, 0.15) is 12.4 Å². The molecule has 0 radical (unpaired) electrons. The number of anilines is 2. The number of hydrogen-bond acceptors (Lipinski definition) is 3. The van der Waals surface area contributed by atoms with Gasteiger partial charge >= 0.3 is 6.03 Å². The highest BCUT2D eigenvalue weighted by atomic mass is 35.5. The topological polar surface area (TPSA) is 74.2 Å². The van der Waals surface area contributed by atoms with Crippen molar-refractivity contribution < 1.29 is 9.90 Å². The van der Waals surface area contributed by atoms with Crippen LogP contribution in [0.5, 0.6) is 0 Å². The molecule has 21 heavy (non-hydrogen) atoms. The van der Waals surface area contributed by atoms with Gasteiger partial charge in [-0.25, -0.2) is 9.78 Å². The van der Waals surface area contributed by atoms with Gasteiger partial charge in [-0.15, -0.1) is 0 Å². The quantitative estimate of drug-likeness (QED) is 0.747. The van der Waals surface area contributed by atoms with Crippen molar-refractivity contribution in [2.75, 3.05) is 17.2 Å². The summed E-state index contributed by atoms with van der Waals surface area (Å²) in [6, 6.07) is 9.68. The van der Waals surface area contributed by atoms with Crippen molar-refractivity contribution in [2.24, 2.45) is 0 Å². The minimum atomic E-state index is -0.433. The summed E-state index contributed by atoms with van der Waals surface area (Å²) >= 11 is 5.84. The standard InChI is InChI=1S/C15H12ClN3O2/c16-12-4-1-5-13(10-12)18-15(21)19-14-9-11(3-2-8-20)6-7-17-14/h1,4-7,9-10,20H,8H2,(H2,17,18,19,21). The Hall–Kier alpha value is -2.55. The number of aliphatic hydroxyl groups is 1. The van der Waals surface area contributed by atoms with Crippen LogP contribution in [-0.4, -0.2) is 22.7 Å². The summed E-state index contributed by atoms with van der Waals surface area (Å²) in [4.78, 5) is 15.9. The molecular weight excluding hydrogens is 290 g/mol. The first-order chi connectivity index (χ1) is 10.2. The number of pyridine rings is 1. The molecule has 0 saturated carbocycles. The third kappa shape index (κ3) is 4.80. The Labute approximate surface area is 127 Å². The highest BCUT2D eigenvalue weighted by molar-refractivity contribution is 6.30. The molecule has 1 aromatic heterocycles. The van der Waals surface area contributed by atoms with E-state index < -0.39 is 6.03 Å². The van der Waals surface area contributed by atoms with Crippen LogP contribution in [0.1, 0.15) is 5.56 Å². The van der Waals surface area contributed by atoms with Crippen molar-refractivity contribution in [1.29, 1.82) is 0 Å². The number of rotatable bonds is 2. The average molecular weight is 302 g/mol. The van der Waals surface area contributed by atoms with Crippen LogP contribution in [0.3, 0.4) is 0 Å². The molecule has 0 saturated heterocycles. The normalized spacial score (nSPS) is 9.43. The van der Waals surface area contributed by atoms with Crippen molar-refractivity contribution in [3.8, 4) is 11.8 Å². The summed E-state index contributed by atoms with van der Waals surface area (Å²) in [6.07, 6.45) is 1.52. The first-order valence-electron chi connectivity index (χ1n) is 6.07. The van der Waals surface area contributed by atoms with Gasteiger partial charge in [-0.3, -0.25) is 5.32 Å². The number of aromatic nitrogens is 1. The molecule has 0 bridgehead atoms. The van der Waals surface area contributed by atoms with E-state index in [0.29, 0.717) is 22.1 Å². The van der Waals surface area contributed by atoms with Crippen LogP contribution in [0.4, 0.5) is 16.3 Å². The Kier molecular flexibility index (Phi) is 5.16. The molecule has 6 heteroatoms. The number of benzene rings is 1. The number of carbonyl (C=O) groups is 1. The van der Waals surface area contributed by atoms with Crippen molar-refractivity contribution in [1.82, 2.24) is 4.98 Å². The first-order valence-corrected chi connectivity index (χ1v) is 6.44. The lowest BCUT2D eigenvalue weighted by Crippen LogP contribution is -2.20. The lowest BCUT2D eigenvalue weighted by molar-refractivity contribution is 0.262. The Bertz CT molecular complexity index is 707. The zero-order valence-corrected chi connectivity index (χ0v) is 11.7. The molecule has 1 heterocycles. The predicted molar refractivity (Wildman–Crippen MR) is 82.3 cm³/mol. The molecule has 0 aliphatic rings. The van der Waals surface area contributed by atoms with E-state index in [1.807, 2.05) is 0 Å². The number of halogens is 1. The van der Waals surface area contributed by atoms with E-state index in [1.54, 1.807) is 36.4 Å². The van der Waals surface area contributed by atoms with E-state index in [1.165, 1.54) is 6.20 Å². The fraction of sp³-hybridized carbons (Fsp3) is 0.0667. The fourth-order valence-electron chi connectivity index (χ4n) is 1.56. The van der Waals surface area contributed by atoms with Crippen molar-refractivity contribution in [3.63, 3.8) is 0 Å². The lowest BCUT2D eigenvalue weighted by Gasteiger charge is -2.07. The molecule has 5 nitrogen and oxygen atoms in total. The number of urea groups is 1. The predicted octanol–water partition coefficient (Wildman–Crippen LogP) is 2.72. The second kappa shape index (κ2) is 7.29. The van der Waals surface area contributed by atoms with E-state index in [9.17, 15) is 4.79 Å². The van der Waals surface area contributed by atoms with Crippen LogP contribution in [0.15, 0.2) is 42.6 Å². The maximum Gasteiger partial charge on any atom is 0.324 e. The Morgan fingerprint density at radius 3 is 2.90 bits per heavy atom. The molecule has 106 valence electrons. The lowest BCUT2D eigenvalue weighted by atomic mass is 10.2. The molecule has 1 aromatic carbocycles. The Morgan fingerprint density at radius 2 is 2.14 bits per heavy atom. The molecule has 0 atom stereocenters. The largest absolute Gasteiger partial charge is 0.384 e. The van der Waals surface area contributed by atoms with Gasteiger partial charge in [0.25, 0.3) is 0 Å². The van der Waals surface area contributed by atoms with Crippen LogP contribution in [0, 0.1) is 11.8 Å². The summed E-state index contributed by atoms with van der Waals surface area (Å²) in [7, 11) is 0. The third-order valence-electron chi connectivity index (χ3n) is 2.40. The van der Waals surface area contributed by atoms with Crippen molar-refractivity contribution in [3.05, 3.63) is 53.2 Å². The van der Waals surface area contributed by atoms with Gasteiger partial charge in [0.2, 0.25) is 0 Å². The smallest absolute Gasteiger partial charge is 0.324 e. The van der Waals surface area contributed by atoms with Gasteiger partial charge in [0, 0.05) is 22.5 Å². The Morgan fingerprint density at radius 1 is 1.29 bits per heavy atom. The van der Waals surface area contributed by atoms with Crippen LogP contribution >= 0.6 is 11.6 Å².